The average Bonchev–Trinajstić information content (AvgIpc) is 3.04. The van der Waals surface area contributed by atoms with Gasteiger partial charge >= 0.3 is 0 Å². The van der Waals surface area contributed by atoms with E-state index in [1.165, 1.54) is 26.3 Å². The highest BCUT2D eigenvalue weighted by Crippen LogP contribution is 2.30. The van der Waals surface area contributed by atoms with E-state index in [9.17, 15) is 13.2 Å². The number of carbonyl (C=O) groups excluding carboxylic acids is 1. The minimum absolute atomic E-state index is 0.124. The summed E-state index contributed by atoms with van der Waals surface area (Å²) >= 11 is 3.42. The fraction of sp³-hybridized carbons (Fsp3) is 0.278. The molecule has 8 heteroatoms. The third kappa shape index (κ3) is 3.62. The molecule has 0 radical (unpaired) electrons. The number of anilines is 1. The topological polar surface area (TPSA) is 66.9 Å². The Bertz CT molecular complexity index is 929. The van der Waals surface area contributed by atoms with Crippen molar-refractivity contribution in [2.24, 2.45) is 0 Å². The number of fused-ring (bicyclic) bond motifs is 1. The maximum absolute atomic E-state index is 12.7. The molecule has 0 spiro atoms. The lowest BCUT2D eigenvalue weighted by atomic mass is 10.2. The Morgan fingerprint density at radius 3 is 2.58 bits per heavy atom. The summed E-state index contributed by atoms with van der Waals surface area (Å²) in [4.78, 5) is 14.4. The van der Waals surface area contributed by atoms with Gasteiger partial charge in [-0.05, 0) is 54.4 Å². The number of sulfonamides is 1. The van der Waals surface area contributed by atoms with E-state index in [4.69, 9.17) is 4.74 Å². The monoisotopic (exact) mass is 438 g/mol. The summed E-state index contributed by atoms with van der Waals surface area (Å²) in [6, 6.07) is 11.8. The smallest absolute Gasteiger partial charge is 0.243 e. The molecular weight excluding hydrogens is 420 g/mol. The Hall–Kier alpha value is -1.90. The van der Waals surface area contributed by atoms with E-state index in [0.717, 1.165) is 26.4 Å². The molecule has 0 saturated heterocycles. The number of halogens is 1. The van der Waals surface area contributed by atoms with Gasteiger partial charge in [0.2, 0.25) is 15.9 Å². The number of benzene rings is 2. The number of rotatable bonds is 5. The van der Waals surface area contributed by atoms with Gasteiger partial charge in [-0.2, -0.15) is 4.31 Å². The maximum Gasteiger partial charge on any atom is 0.243 e. The van der Waals surface area contributed by atoms with Crippen LogP contribution in [0.1, 0.15) is 5.56 Å². The molecule has 0 saturated carbocycles. The average molecular weight is 439 g/mol. The Morgan fingerprint density at radius 1 is 1.23 bits per heavy atom. The number of likely N-dealkylation sites (N-methyl/N-ethyl adjacent to an activating group) is 1. The molecular formula is C18H19BrN2O4S. The molecule has 0 fully saturated rings. The van der Waals surface area contributed by atoms with Crippen LogP contribution in [0.15, 0.2) is 51.8 Å². The van der Waals surface area contributed by atoms with Crippen LogP contribution in [0.5, 0.6) is 5.75 Å². The molecule has 26 heavy (non-hydrogen) atoms. The second-order valence-corrected chi connectivity index (χ2v) is 8.97. The lowest BCUT2D eigenvalue weighted by Gasteiger charge is -2.22. The third-order valence-corrected chi connectivity index (χ3v) is 6.67. The first-order valence-corrected chi connectivity index (χ1v) is 10.3. The predicted molar refractivity (Wildman–Crippen MR) is 103 cm³/mol. The van der Waals surface area contributed by atoms with Crippen LogP contribution in [0, 0.1) is 0 Å². The highest BCUT2D eigenvalue weighted by molar-refractivity contribution is 9.10. The van der Waals surface area contributed by atoms with Crippen LogP contribution in [-0.2, 0) is 21.2 Å². The molecule has 0 aromatic heterocycles. The molecule has 1 amide bonds. The molecule has 0 bridgehead atoms. The standard InChI is InChI=1S/C18H19BrN2O4S/c1-20(26(23,24)16-6-4-15(25-2)5-7-16)12-18(22)21-10-9-13-11-14(19)3-8-17(13)21/h3-8,11H,9-10,12H2,1-2H3. The quantitative estimate of drug-likeness (QED) is 0.719. The van der Waals surface area contributed by atoms with Crippen LogP contribution in [0.4, 0.5) is 5.69 Å². The van der Waals surface area contributed by atoms with Crippen LogP contribution in [0.2, 0.25) is 0 Å². The summed E-state index contributed by atoms with van der Waals surface area (Å²) < 4.78 is 32.4. The van der Waals surface area contributed by atoms with Crippen molar-refractivity contribution in [3.63, 3.8) is 0 Å². The van der Waals surface area contributed by atoms with Crippen LogP contribution in [0.25, 0.3) is 0 Å². The zero-order valence-corrected chi connectivity index (χ0v) is 16.9. The summed E-state index contributed by atoms with van der Waals surface area (Å²) in [6.07, 6.45) is 0.759. The number of carbonyl (C=O) groups is 1. The van der Waals surface area contributed by atoms with Gasteiger partial charge in [0.25, 0.3) is 0 Å². The van der Waals surface area contributed by atoms with E-state index >= 15 is 0 Å². The number of amides is 1. The summed E-state index contributed by atoms with van der Waals surface area (Å²) in [5.41, 5.74) is 1.92. The highest BCUT2D eigenvalue weighted by atomic mass is 79.9. The summed E-state index contributed by atoms with van der Waals surface area (Å²) in [6.45, 7) is 0.338. The Labute approximate surface area is 161 Å². The molecule has 0 unspecified atom stereocenters. The minimum Gasteiger partial charge on any atom is -0.497 e. The van der Waals surface area contributed by atoms with Crippen molar-refractivity contribution in [2.45, 2.75) is 11.3 Å². The van der Waals surface area contributed by atoms with Gasteiger partial charge in [-0.1, -0.05) is 15.9 Å². The highest BCUT2D eigenvalue weighted by Gasteiger charge is 2.29. The first-order valence-electron chi connectivity index (χ1n) is 8.02. The summed E-state index contributed by atoms with van der Waals surface area (Å²) in [5, 5.41) is 0. The number of nitrogens with zero attached hydrogens (tertiary/aromatic N) is 2. The zero-order chi connectivity index (χ0) is 18.9. The van der Waals surface area contributed by atoms with Crippen LogP contribution < -0.4 is 9.64 Å². The summed E-state index contributed by atoms with van der Waals surface area (Å²) in [5.74, 6) is 0.327. The largest absolute Gasteiger partial charge is 0.497 e. The van der Waals surface area contributed by atoms with Crippen LogP contribution in [0.3, 0.4) is 0 Å². The van der Waals surface area contributed by atoms with Gasteiger partial charge in [0.1, 0.15) is 5.75 Å². The number of hydrogen-bond donors (Lipinski definition) is 0. The Morgan fingerprint density at radius 2 is 1.92 bits per heavy atom. The molecule has 1 heterocycles. The van der Waals surface area contributed by atoms with Gasteiger partial charge in [0, 0.05) is 23.8 Å². The van der Waals surface area contributed by atoms with Crippen molar-refractivity contribution in [1.29, 1.82) is 0 Å². The molecule has 3 rings (SSSR count). The Kier molecular flexibility index (Phi) is 5.36. The fourth-order valence-electron chi connectivity index (χ4n) is 2.92. The molecule has 6 nitrogen and oxygen atoms in total. The number of ether oxygens (including phenoxy) is 1. The molecule has 1 aliphatic rings. The van der Waals surface area contributed by atoms with Crippen molar-refractivity contribution >= 4 is 37.5 Å². The van der Waals surface area contributed by atoms with Crippen LogP contribution >= 0.6 is 15.9 Å². The first-order chi connectivity index (χ1) is 12.3. The molecule has 0 atom stereocenters. The van der Waals surface area contributed by atoms with E-state index in [-0.39, 0.29) is 17.3 Å². The lowest BCUT2D eigenvalue weighted by Crippen LogP contribution is -2.40. The van der Waals surface area contributed by atoms with Crippen molar-refractivity contribution in [3.05, 3.63) is 52.5 Å². The summed E-state index contributed by atoms with van der Waals surface area (Å²) in [7, 11) is -0.823. The number of hydrogen-bond acceptors (Lipinski definition) is 4. The normalized spacial score (nSPS) is 13.8. The van der Waals surface area contributed by atoms with E-state index in [2.05, 4.69) is 15.9 Å². The van der Waals surface area contributed by atoms with E-state index < -0.39 is 10.0 Å². The van der Waals surface area contributed by atoms with Crippen molar-refractivity contribution in [2.75, 3.05) is 32.1 Å². The second-order valence-electron chi connectivity index (χ2n) is 6.01. The first kappa shape index (κ1) is 18.9. The van der Waals surface area contributed by atoms with Crippen molar-refractivity contribution < 1.29 is 17.9 Å². The molecule has 2 aromatic carbocycles. The van der Waals surface area contributed by atoms with Gasteiger partial charge in [0.05, 0.1) is 18.6 Å². The Balaban J connectivity index is 1.75. The van der Waals surface area contributed by atoms with Gasteiger partial charge in [-0.3, -0.25) is 4.79 Å². The molecule has 0 aliphatic carbocycles. The molecule has 1 aliphatic heterocycles. The fourth-order valence-corrected chi connectivity index (χ4v) is 4.45. The minimum atomic E-state index is -3.75. The van der Waals surface area contributed by atoms with E-state index in [1.54, 1.807) is 17.0 Å². The van der Waals surface area contributed by atoms with E-state index in [0.29, 0.717) is 12.3 Å². The SMILES string of the molecule is COc1ccc(S(=O)(=O)N(C)CC(=O)N2CCc3cc(Br)ccc32)cc1. The van der Waals surface area contributed by atoms with Gasteiger partial charge < -0.3 is 9.64 Å². The van der Waals surface area contributed by atoms with Crippen molar-refractivity contribution in [3.8, 4) is 5.75 Å². The van der Waals surface area contributed by atoms with Gasteiger partial charge in [-0.25, -0.2) is 8.42 Å². The van der Waals surface area contributed by atoms with E-state index in [1.807, 2.05) is 18.2 Å². The second kappa shape index (κ2) is 7.38. The zero-order valence-electron chi connectivity index (χ0n) is 14.5. The van der Waals surface area contributed by atoms with Crippen molar-refractivity contribution in [1.82, 2.24) is 4.31 Å². The van der Waals surface area contributed by atoms with Gasteiger partial charge in [0.15, 0.2) is 0 Å². The molecule has 2 aromatic rings. The number of methoxy groups -OCH3 is 1. The molecule has 0 N–H and O–H groups in total. The molecule has 138 valence electrons. The van der Waals surface area contributed by atoms with Gasteiger partial charge in [-0.15, -0.1) is 0 Å². The predicted octanol–water partition coefficient (Wildman–Crippen LogP) is 2.67. The third-order valence-electron chi connectivity index (χ3n) is 4.36. The maximum atomic E-state index is 12.7. The van der Waals surface area contributed by atoms with Crippen LogP contribution in [-0.4, -0.2) is 45.9 Å². The lowest BCUT2D eigenvalue weighted by molar-refractivity contribution is -0.118.